The maximum Gasteiger partial charge on any atom is 0.178 e. The maximum atomic E-state index is 13.1. The molecule has 3 aromatic rings. The first-order chi connectivity index (χ1) is 10.0. The molecule has 2 nitrogen and oxygen atoms in total. The topological polar surface area (TPSA) is 20.7 Å². The van der Waals surface area contributed by atoms with Crippen molar-refractivity contribution in [1.82, 2.24) is 9.55 Å². The average Bonchev–Trinajstić information content (AvgIpc) is 2.72. The highest BCUT2D eigenvalue weighted by molar-refractivity contribution is 7.71. The average molecular weight is 300 g/mol. The van der Waals surface area contributed by atoms with E-state index in [4.69, 9.17) is 12.2 Å². The predicted octanol–water partition coefficient (Wildman–Crippen LogP) is 4.70. The highest BCUT2D eigenvalue weighted by atomic mass is 32.1. The number of imidazole rings is 1. The van der Waals surface area contributed by atoms with Crippen LogP contribution in [0.2, 0.25) is 0 Å². The van der Waals surface area contributed by atoms with Crippen LogP contribution < -0.4 is 0 Å². The number of aromatic amines is 1. The van der Waals surface area contributed by atoms with Gasteiger partial charge in [-0.2, -0.15) is 0 Å². The smallest absolute Gasteiger partial charge is 0.178 e. The van der Waals surface area contributed by atoms with Crippen molar-refractivity contribution in [3.63, 3.8) is 0 Å². The van der Waals surface area contributed by atoms with Crippen LogP contribution >= 0.6 is 12.2 Å². The molecule has 1 heterocycles. The molecule has 0 saturated carbocycles. The number of nitrogens with zero attached hydrogens (tertiary/aromatic N) is 1. The van der Waals surface area contributed by atoms with E-state index in [1.807, 2.05) is 13.0 Å². The van der Waals surface area contributed by atoms with Crippen LogP contribution in [0.5, 0.6) is 0 Å². The Bertz CT molecular complexity index is 861. The first kappa shape index (κ1) is 14.0. The summed E-state index contributed by atoms with van der Waals surface area (Å²) in [5.74, 6) is -0.185. The number of rotatable bonds is 3. The largest absolute Gasteiger partial charge is 0.331 e. The van der Waals surface area contributed by atoms with E-state index < -0.39 is 0 Å². The fraction of sp³-hybridized carbons (Fsp3) is 0.235. The molecule has 3 rings (SSSR count). The van der Waals surface area contributed by atoms with Gasteiger partial charge in [-0.05, 0) is 73.4 Å². The van der Waals surface area contributed by atoms with Crippen molar-refractivity contribution in [2.75, 3.05) is 0 Å². The molecule has 0 atom stereocenters. The fourth-order valence-corrected chi connectivity index (χ4v) is 2.97. The normalized spacial score (nSPS) is 11.2. The number of halogens is 1. The Kier molecular flexibility index (Phi) is 3.64. The first-order valence-corrected chi connectivity index (χ1v) is 7.39. The van der Waals surface area contributed by atoms with Gasteiger partial charge < -0.3 is 9.55 Å². The predicted molar refractivity (Wildman–Crippen MR) is 86.7 cm³/mol. The summed E-state index contributed by atoms with van der Waals surface area (Å²) >= 11 is 5.41. The molecule has 0 amide bonds. The summed E-state index contributed by atoms with van der Waals surface area (Å²) in [5, 5.41) is 0. The lowest BCUT2D eigenvalue weighted by molar-refractivity contribution is 0.624. The molecule has 1 aromatic heterocycles. The van der Waals surface area contributed by atoms with Crippen LogP contribution in [-0.4, -0.2) is 9.55 Å². The monoisotopic (exact) mass is 300 g/mol. The molecule has 0 radical (unpaired) electrons. The van der Waals surface area contributed by atoms with Gasteiger partial charge in [-0.25, -0.2) is 4.39 Å². The molecule has 0 spiro atoms. The van der Waals surface area contributed by atoms with E-state index in [1.165, 1.54) is 11.6 Å². The van der Waals surface area contributed by atoms with Gasteiger partial charge in [0.05, 0.1) is 11.0 Å². The summed E-state index contributed by atoms with van der Waals surface area (Å²) in [6.07, 6.45) is 0.835. The highest BCUT2D eigenvalue weighted by Crippen LogP contribution is 2.18. The van der Waals surface area contributed by atoms with E-state index in [9.17, 15) is 4.39 Å². The zero-order valence-electron chi connectivity index (χ0n) is 12.1. The molecular weight excluding hydrogens is 283 g/mol. The molecule has 0 saturated heterocycles. The van der Waals surface area contributed by atoms with E-state index in [0.717, 1.165) is 39.9 Å². The lowest BCUT2D eigenvalue weighted by atomic mass is 10.1. The Balaban J connectivity index is 1.91. The Hall–Kier alpha value is -1.94. The van der Waals surface area contributed by atoms with E-state index in [0.29, 0.717) is 0 Å². The van der Waals surface area contributed by atoms with Gasteiger partial charge in [0, 0.05) is 6.54 Å². The van der Waals surface area contributed by atoms with Crippen molar-refractivity contribution in [1.29, 1.82) is 0 Å². The van der Waals surface area contributed by atoms with Crippen molar-refractivity contribution < 1.29 is 4.39 Å². The molecule has 0 fully saturated rings. The number of H-pyrrole nitrogens is 1. The van der Waals surface area contributed by atoms with Gasteiger partial charge in [0.2, 0.25) is 0 Å². The Morgan fingerprint density at radius 1 is 1.14 bits per heavy atom. The Morgan fingerprint density at radius 2 is 1.95 bits per heavy atom. The second-order valence-electron chi connectivity index (χ2n) is 5.42. The molecular formula is C17H17FN2S. The van der Waals surface area contributed by atoms with Crippen molar-refractivity contribution >= 4 is 23.3 Å². The van der Waals surface area contributed by atoms with Gasteiger partial charge in [-0.1, -0.05) is 12.1 Å². The molecule has 0 aliphatic carbocycles. The minimum absolute atomic E-state index is 0.185. The van der Waals surface area contributed by atoms with Crippen LogP contribution in [0.15, 0.2) is 36.4 Å². The molecule has 108 valence electrons. The maximum absolute atomic E-state index is 13.1. The highest BCUT2D eigenvalue weighted by Gasteiger charge is 2.06. The minimum Gasteiger partial charge on any atom is -0.331 e. The number of benzene rings is 2. The second-order valence-corrected chi connectivity index (χ2v) is 5.81. The van der Waals surface area contributed by atoms with Crippen LogP contribution in [0.4, 0.5) is 4.39 Å². The van der Waals surface area contributed by atoms with Crippen LogP contribution in [0.25, 0.3) is 11.0 Å². The van der Waals surface area contributed by atoms with Crippen LogP contribution in [0.3, 0.4) is 0 Å². The number of aromatic nitrogens is 2. The first-order valence-electron chi connectivity index (χ1n) is 6.99. The van der Waals surface area contributed by atoms with Gasteiger partial charge in [-0.15, -0.1) is 0 Å². The Labute approximate surface area is 128 Å². The van der Waals surface area contributed by atoms with Gasteiger partial charge in [0.15, 0.2) is 4.77 Å². The molecule has 1 N–H and O–H groups in total. The Morgan fingerprint density at radius 3 is 2.71 bits per heavy atom. The number of fused-ring (bicyclic) bond motifs is 1. The molecule has 0 aliphatic heterocycles. The zero-order chi connectivity index (χ0) is 15.0. The minimum atomic E-state index is -0.185. The summed E-state index contributed by atoms with van der Waals surface area (Å²) < 4.78 is 16.0. The SMILES string of the molecule is Cc1ccc2c(c1)[nH]c(=S)n2CCc1ccc(F)cc1C. The molecule has 0 aliphatic rings. The van der Waals surface area contributed by atoms with Crippen molar-refractivity contribution in [2.45, 2.75) is 26.8 Å². The number of nitrogens with one attached hydrogen (secondary N) is 1. The van der Waals surface area contributed by atoms with Gasteiger partial charge in [-0.3, -0.25) is 0 Å². The van der Waals surface area contributed by atoms with Crippen molar-refractivity contribution in [3.8, 4) is 0 Å². The summed E-state index contributed by atoms with van der Waals surface area (Å²) in [7, 11) is 0. The second kappa shape index (κ2) is 5.45. The van der Waals surface area contributed by atoms with E-state index in [-0.39, 0.29) is 5.82 Å². The molecule has 21 heavy (non-hydrogen) atoms. The van der Waals surface area contributed by atoms with Gasteiger partial charge in [0.25, 0.3) is 0 Å². The van der Waals surface area contributed by atoms with E-state index in [2.05, 4.69) is 34.7 Å². The van der Waals surface area contributed by atoms with Crippen LogP contribution in [0.1, 0.15) is 16.7 Å². The van der Waals surface area contributed by atoms with Crippen LogP contribution in [0, 0.1) is 24.4 Å². The third-order valence-electron chi connectivity index (χ3n) is 3.84. The number of aryl methyl sites for hydroxylation is 4. The van der Waals surface area contributed by atoms with Crippen LogP contribution in [-0.2, 0) is 13.0 Å². The summed E-state index contributed by atoms with van der Waals surface area (Å²) in [5.41, 5.74) is 5.53. The van der Waals surface area contributed by atoms with Gasteiger partial charge >= 0.3 is 0 Å². The fourth-order valence-electron chi connectivity index (χ4n) is 2.67. The molecule has 0 bridgehead atoms. The standard InChI is InChI=1S/C17H17FN2S/c1-11-3-6-16-15(9-11)19-17(21)20(16)8-7-13-4-5-14(18)10-12(13)2/h3-6,9-10H,7-8H2,1-2H3,(H,19,21). The lowest BCUT2D eigenvalue weighted by Crippen LogP contribution is -2.03. The number of hydrogen-bond acceptors (Lipinski definition) is 1. The third kappa shape index (κ3) is 2.76. The zero-order valence-corrected chi connectivity index (χ0v) is 12.9. The molecule has 2 aromatic carbocycles. The summed E-state index contributed by atoms with van der Waals surface area (Å²) in [6, 6.07) is 11.2. The lowest BCUT2D eigenvalue weighted by Gasteiger charge is -2.08. The third-order valence-corrected chi connectivity index (χ3v) is 4.16. The van der Waals surface area contributed by atoms with Crippen molar-refractivity contribution in [3.05, 3.63) is 63.7 Å². The summed E-state index contributed by atoms with van der Waals surface area (Å²) in [6.45, 7) is 4.79. The quantitative estimate of drug-likeness (QED) is 0.695. The van der Waals surface area contributed by atoms with E-state index in [1.54, 1.807) is 6.07 Å². The number of hydrogen-bond donors (Lipinski definition) is 1. The van der Waals surface area contributed by atoms with E-state index >= 15 is 0 Å². The molecule has 0 unspecified atom stereocenters. The van der Waals surface area contributed by atoms with Gasteiger partial charge in [0.1, 0.15) is 5.82 Å². The molecule has 4 heteroatoms. The summed E-state index contributed by atoms with van der Waals surface area (Å²) in [4.78, 5) is 3.25. The van der Waals surface area contributed by atoms with Crippen molar-refractivity contribution in [2.24, 2.45) is 0 Å².